The van der Waals surface area contributed by atoms with E-state index >= 15 is 0 Å². The number of nitrogens with zero attached hydrogens (tertiary/aromatic N) is 1. The van der Waals surface area contributed by atoms with Crippen LogP contribution in [0.3, 0.4) is 0 Å². The SMILES string of the molecule is Cc1cnc(Cl)c(NC(=O)C2CCc3ccccc3C2)c1. The van der Waals surface area contributed by atoms with Crippen LogP contribution in [0, 0.1) is 12.8 Å². The highest BCUT2D eigenvalue weighted by molar-refractivity contribution is 6.32. The van der Waals surface area contributed by atoms with Crippen molar-refractivity contribution in [3.8, 4) is 0 Å². The van der Waals surface area contributed by atoms with Crippen LogP contribution in [0.4, 0.5) is 5.69 Å². The monoisotopic (exact) mass is 300 g/mol. The summed E-state index contributed by atoms with van der Waals surface area (Å²) in [6, 6.07) is 10.2. The lowest BCUT2D eigenvalue weighted by molar-refractivity contribution is -0.120. The minimum absolute atomic E-state index is 0.00326. The summed E-state index contributed by atoms with van der Waals surface area (Å²) in [5.74, 6) is 0.0234. The molecule has 0 aliphatic heterocycles. The Bertz CT molecular complexity index is 684. The largest absolute Gasteiger partial charge is 0.323 e. The van der Waals surface area contributed by atoms with Crippen LogP contribution in [-0.4, -0.2) is 10.9 Å². The van der Waals surface area contributed by atoms with Crippen molar-refractivity contribution in [1.29, 1.82) is 0 Å². The summed E-state index contributed by atoms with van der Waals surface area (Å²) >= 11 is 6.03. The predicted molar refractivity (Wildman–Crippen MR) is 84.6 cm³/mol. The van der Waals surface area contributed by atoms with Crippen molar-refractivity contribution in [3.05, 3.63) is 58.4 Å². The number of anilines is 1. The maximum absolute atomic E-state index is 12.4. The average Bonchev–Trinajstić information content (AvgIpc) is 2.50. The van der Waals surface area contributed by atoms with Crippen LogP contribution in [0.1, 0.15) is 23.1 Å². The van der Waals surface area contributed by atoms with Gasteiger partial charge in [-0.1, -0.05) is 35.9 Å². The molecule has 1 aromatic heterocycles. The number of amides is 1. The van der Waals surface area contributed by atoms with Gasteiger partial charge < -0.3 is 5.32 Å². The molecule has 0 bridgehead atoms. The van der Waals surface area contributed by atoms with Crippen molar-refractivity contribution in [2.45, 2.75) is 26.2 Å². The lowest BCUT2D eigenvalue weighted by Crippen LogP contribution is -2.28. The Morgan fingerprint density at radius 1 is 1.33 bits per heavy atom. The van der Waals surface area contributed by atoms with Crippen molar-refractivity contribution >= 4 is 23.2 Å². The van der Waals surface area contributed by atoms with Gasteiger partial charge in [0.25, 0.3) is 0 Å². The standard InChI is InChI=1S/C17H17ClN2O/c1-11-8-15(16(18)19-10-11)20-17(21)14-7-6-12-4-2-3-5-13(12)9-14/h2-5,8,10,14H,6-7,9H2,1H3,(H,20,21). The zero-order chi connectivity index (χ0) is 14.8. The van der Waals surface area contributed by atoms with Crippen molar-refractivity contribution in [2.75, 3.05) is 5.32 Å². The number of carbonyl (C=O) groups is 1. The van der Waals surface area contributed by atoms with Gasteiger partial charge in [0.05, 0.1) is 5.69 Å². The van der Waals surface area contributed by atoms with Gasteiger partial charge in [0.15, 0.2) is 5.15 Å². The van der Waals surface area contributed by atoms with Gasteiger partial charge in [0.1, 0.15) is 0 Å². The van der Waals surface area contributed by atoms with Crippen LogP contribution in [0.5, 0.6) is 0 Å². The zero-order valence-corrected chi connectivity index (χ0v) is 12.7. The molecule has 1 amide bonds. The molecule has 2 aromatic rings. The van der Waals surface area contributed by atoms with E-state index in [1.165, 1.54) is 11.1 Å². The lowest BCUT2D eigenvalue weighted by atomic mass is 9.83. The fraction of sp³-hybridized carbons (Fsp3) is 0.294. The normalized spacial score (nSPS) is 17.1. The molecular formula is C17H17ClN2O. The topological polar surface area (TPSA) is 42.0 Å². The van der Waals surface area contributed by atoms with E-state index < -0.39 is 0 Å². The fourth-order valence-corrected chi connectivity index (χ4v) is 2.95. The molecule has 0 fully saturated rings. The van der Waals surface area contributed by atoms with Crippen LogP contribution in [0.2, 0.25) is 5.15 Å². The van der Waals surface area contributed by atoms with Crippen molar-refractivity contribution in [3.63, 3.8) is 0 Å². The molecule has 21 heavy (non-hydrogen) atoms. The molecule has 0 saturated carbocycles. The van der Waals surface area contributed by atoms with E-state index in [2.05, 4.69) is 28.5 Å². The third kappa shape index (κ3) is 3.08. The maximum Gasteiger partial charge on any atom is 0.227 e. The number of halogens is 1. The van der Waals surface area contributed by atoms with E-state index in [1.807, 2.05) is 19.1 Å². The van der Waals surface area contributed by atoms with Crippen molar-refractivity contribution in [2.24, 2.45) is 5.92 Å². The first-order valence-corrected chi connectivity index (χ1v) is 7.51. The Labute approximate surface area is 129 Å². The number of fused-ring (bicyclic) bond motifs is 1. The Kier molecular flexibility index (Phi) is 3.93. The summed E-state index contributed by atoms with van der Waals surface area (Å²) in [6.45, 7) is 1.93. The molecule has 1 atom stereocenters. The highest BCUT2D eigenvalue weighted by atomic mass is 35.5. The Morgan fingerprint density at radius 2 is 2.10 bits per heavy atom. The first-order valence-electron chi connectivity index (χ1n) is 7.13. The molecule has 1 aliphatic rings. The predicted octanol–water partition coefficient (Wildman–Crippen LogP) is 3.79. The first kappa shape index (κ1) is 14.1. The Hall–Kier alpha value is -1.87. The molecule has 1 aliphatic carbocycles. The maximum atomic E-state index is 12.4. The van der Waals surface area contributed by atoms with E-state index in [-0.39, 0.29) is 11.8 Å². The van der Waals surface area contributed by atoms with Gasteiger partial charge in [-0.05, 0) is 48.9 Å². The number of pyridine rings is 1. The van der Waals surface area contributed by atoms with Crippen LogP contribution in [-0.2, 0) is 17.6 Å². The molecule has 3 rings (SSSR count). The van der Waals surface area contributed by atoms with Gasteiger partial charge in [0, 0.05) is 12.1 Å². The van der Waals surface area contributed by atoms with Gasteiger partial charge in [0.2, 0.25) is 5.91 Å². The van der Waals surface area contributed by atoms with Crippen molar-refractivity contribution < 1.29 is 4.79 Å². The third-order valence-electron chi connectivity index (χ3n) is 3.95. The number of aryl methyl sites for hydroxylation is 2. The highest BCUT2D eigenvalue weighted by Crippen LogP contribution is 2.27. The van der Waals surface area contributed by atoms with E-state index in [0.717, 1.165) is 24.8 Å². The van der Waals surface area contributed by atoms with E-state index in [1.54, 1.807) is 6.20 Å². The second-order valence-electron chi connectivity index (χ2n) is 5.55. The smallest absolute Gasteiger partial charge is 0.227 e. The van der Waals surface area contributed by atoms with Crippen LogP contribution in [0.15, 0.2) is 36.5 Å². The molecule has 0 spiro atoms. The molecule has 1 N–H and O–H groups in total. The average molecular weight is 301 g/mol. The zero-order valence-electron chi connectivity index (χ0n) is 11.9. The molecule has 0 radical (unpaired) electrons. The summed E-state index contributed by atoms with van der Waals surface area (Å²) in [5, 5.41) is 3.26. The Balaban J connectivity index is 1.74. The van der Waals surface area contributed by atoms with Gasteiger partial charge in [-0.2, -0.15) is 0 Å². The second kappa shape index (κ2) is 5.86. The minimum atomic E-state index is -0.00326. The molecule has 4 heteroatoms. The van der Waals surface area contributed by atoms with Gasteiger partial charge in [-0.25, -0.2) is 4.98 Å². The number of hydrogen-bond donors (Lipinski definition) is 1. The van der Waals surface area contributed by atoms with E-state index in [0.29, 0.717) is 10.8 Å². The number of carbonyl (C=O) groups excluding carboxylic acids is 1. The van der Waals surface area contributed by atoms with E-state index in [4.69, 9.17) is 11.6 Å². The van der Waals surface area contributed by atoms with Crippen LogP contribution >= 0.6 is 11.6 Å². The van der Waals surface area contributed by atoms with Gasteiger partial charge >= 0.3 is 0 Å². The van der Waals surface area contributed by atoms with Crippen molar-refractivity contribution in [1.82, 2.24) is 4.98 Å². The first-order chi connectivity index (χ1) is 10.1. The summed E-state index contributed by atoms with van der Waals surface area (Å²) in [6.07, 6.45) is 4.31. The number of hydrogen-bond acceptors (Lipinski definition) is 2. The molecule has 1 unspecified atom stereocenters. The number of nitrogens with one attached hydrogen (secondary N) is 1. The van der Waals surface area contributed by atoms with Gasteiger partial charge in [-0.3, -0.25) is 4.79 Å². The number of rotatable bonds is 2. The molecular weight excluding hydrogens is 284 g/mol. The Morgan fingerprint density at radius 3 is 2.90 bits per heavy atom. The summed E-state index contributed by atoms with van der Waals surface area (Å²) in [4.78, 5) is 16.5. The van der Waals surface area contributed by atoms with Crippen LogP contribution in [0.25, 0.3) is 0 Å². The van der Waals surface area contributed by atoms with Gasteiger partial charge in [-0.15, -0.1) is 0 Å². The molecule has 3 nitrogen and oxygen atoms in total. The number of aromatic nitrogens is 1. The number of benzene rings is 1. The van der Waals surface area contributed by atoms with E-state index in [9.17, 15) is 4.79 Å². The second-order valence-corrected chi connectivity index (χ2v) is 5.91. The summed E-state index contributed by atoms with van der Waals surface area (Å²) in [5.41, 5.74) is 4.21. The quantitative estimate of drug-likeness (QED) is 0.858. The minimum Gasteiger partial charge on any atom is -0.323 e. The highest BCUT2D eigenvalue weighted by Gasteiger charge is 2.24. The summed E-state index contributed by atoms with van der Waals surface area (Å²) < 4.78 is 0. The molecule has 0 saturated heterocycles. The summed E-state index contributed by atoms with van der Waals surface area (Å²) in [7, 11) is 0. The van der Waals surface area contributed by atoms with Crippen LogP contribution < -0.4 is 5.32 Å². The third-order valence-corrected chi connectivity index (χ3v) is 4.25. The molecule has 1 heterocycles. The fourth-order valence-electron chi connectivity index (χ4n) is 2.80. The molecule has 108 valence electrons. The lowest BCUT2D eigenvalue weighted by Gasteiger charge is -2.24. The molecule has 1 aromatic carbocycles.